The number of methoxy groups -OCH3 is 1. The molecule has 18 heavy (non-hydrogen) atoms. The van der Waals surface area contributed by atoms with Crippen LogP contribution in [0.5, 0.6) is 0 Å². The van der Waals surface area contributed by atoms with Crippen molar-refractivity contribution in [3.63, 3.8) is 0 Å². The van der Waals surface area contributed by atoms with Crippen molar-refractivity contribution in [3.8, 4) is 11.5 Å². The second-order valence-electron chi connectivity index (χ2n) is 4.38. The average molecular weight is 251 g/mol. The third kappa shape index (κ3) is 2.30. The van der Waals surface area contributed by atoms with E-state index in [4.69, 9.17) is 19.4 Å². The van der Waals surface area contributed by atoms with E-state index in [1.807, 2.05) is 6.92 Å². The van der Waals surface area contributed by atoms with Crippen molar-refractivity contribution in [2.75, 3.05) is 13.7 Å². The number of hydrogen-bond acceptors (Lipinski definition) is 6. The molecule has 0 fully saturated rings. The summed E-state index contributed by atoms with van der Waals surface area (Å²) in [7, 11) is 1.58. The zero-order valence-electron chi connectivity index (χ0n) is 10.8. The third-order valence-electron chi connectivity index (χ3n) is 2.68. The molecule has 0 spiro atoms. The summed E-state index contributed by atoms with van der Waals surface area (Å²) in [4.78, 5) is 4.31. The minimum Gasteiger partial charge on any atom is -0.469 e. The summed E-state index contributed by atoms with van der Waals surface area (Å²) < 4.78 is 15.6. The van der Waals surface area contributed by atoms with Crippen molar-refractivity contribution in [1.29, 1.82) is 0 Å². The molecule has 1 unspecified atom stereocenters. The normalized spacial score (nSPS) is 14.7. The van der Waals surface area contributed by atoms with E-state index < -0.39 is 5.54 Å². The van der Waals surface area contributed by atoms with Gasteiger partial charge in [-0.15, -0.1) is 0 Å². The highest BCUT2D eigenvalue weighted by Gasteiger charge is 2.28. The largest absolute Gasteiger partial charge is 0.469 e. The van der Waals surface area contributed by atoms with Gasteiger partial charge in [0, 0.05) is 13.5 Å². The molecule has 2 N–H and O–H groups in total. The van der Waals surface area contributed by atoms with Gasteiger partial charge in [0.05, 0.1) is 18.4 Å². The molecule has 6 nitrogen and oxygen atoms in total. The number of aryl methyl sites for hydroxylation is 1. The average Bonchev–Trinajstić information content (AvgIpc) is 2.97. The lowest BCUT2D eigenvalue weighted by Gasteiger charge is -2.18. The number of ether oxygens (including phenoxy) is 1. The molecule has 0 saturated heterocycles. The summed E-state index contributed by atoms with van der Waals surface area (Å²) in [6.07, 6.45) is 2.37. The van der Waals surface area contributed by atoms with Gasteiger partial charge in [0.1, 0.15) is 11.3 Å². The van der Waals surface area contributed by atoms with Crippen molar-refractivity contribution in [1.82, 2.24) is 10.1 Å². The number of furan rings is 1. The van der Waals surface area contributed by atoms with Gasteiger partial charge in [-0.05, 0) is 13.0 Å². The highest BCUT2D eigenvalue weighted by atomic mass is 16.5. The lowest BCUT2D eigenvalue weighted by atomic mass is 10.1. The highest BCUT2D eigenvalue weighted by Crippen LogP contribution is 2.25. The first-order chi connectivity index (χ1) is 8.58. The quantitative estimate of drug-likeness (QED) is 0.870. The Balaban J connectivity index is 2.31. The topological polar surface area (TPSA) is 87.3 Å². The van der Waals surface area contributed by atoms with Crippen LogP contribution in [-0.4, -0.2) is 23.9 Å². The maximum Gasteiger partial charge on any atom is 0.261 e. The summed E-state index contributed by atoms with van der Waals surface area (Å²) >= 11 is 0. The lowest BCUT2D eigenvalue weighted by Crippen LogP contribution is -2.38. The molecule has 0 aliphatic rings. The van der Waals surface area contributed by atoms with Crippen LogP contribution in [0.15, 0.2) is 21.3 Å². The first-order valence-corrected chi connectivity index (χ1v) is 5.77. The van der Waals surface area contributed by atoms with E-state index in [-0.39, 0.29) is 0 Å². The second kappa shape index (κ2) is 4.91. The third-order valence-corrected chi connectivity index (χ3v) is 2.68. The molecule has 0 saturated carbocycles. The number of rotatable bonds is 5. The molecule has 2 aromatic rings. The molecule has 0 aliphatic heterocycles. The van der Waals surface area contributed by atoms with Crippen LogP contribution >= 0.6 is 0 Å². The van der Waals surface area contributed by atoms with Gasteiger partial charge in [-0.2, -0.15) is 4.98 Å². The molecule has 2 aromatic heterocycles. The van der Waals surface area contributed by atoms with E-state index in [1.165, 1.54) is 0 Å². The predicted octanol–water partition coefficient (Wildman–Crippen LogP) is 1.71. The van der Waals surface area contributed by atoms with Crippen LogP contribution in [0.25, 0.3) is 11.5 Å². The minimum atomic E-state index is -0.771. The van der Waals surface area contributed by atoms with Crippen LogP contribution in [0.1, 0.15) is 25.4 Å². The van der Waals surface area contributed by atoms with Crippen LogP contribution in [0.4, 0.5) is 0 Å². The van der Waals surface area contributed by atoms with Gasteiger partial charge in [-0.3, -0.25) is 0 Å². The van der Waals surface area contributed by atoms with Gasteiger partial charge >= 0.3 is 0 Å². The Morgan fingerprint density at radius 2 is 2.28 bits per heavy atom. The summed E-state index contributed by atoms with van der Waals surface area (Å²) in [6.45, 7) is 4.11. The highest BCUT2D eigenvalue weighted by molar-refractivity contribution is 5.55. The lowest BCUT2D eigenvalue weighted by molar-refractivity contribution is 0.135. The molecule has 2 heterocycles. The Hall–Kier alpha value is -1.66. The molecule has 0 aliphatic carbocycles. The molecular formula is C12H17N3O3. The monoisotopic (exact) mass is 251 g/mol. The molecule has 6 heteroatoms. The van der Waals surface area contributed by atoms with E-state index in [1.54, 1.807) is 26.4 Å². The van der Waals surface area contributed by atoms with E-state index in [2.05, 4.69) is 10.1 Å². The number of nitrogens with two attached hydrogens (primary N) is 1. The predicted molar refractivity (Wildman–Crippen MR) is 64.8 cm³/mol. The van der Waals surface area contributed by atoms with Gasteiger partial charge in [0.15, 0.2) is 5.82 Å². The van der Waals surface area contributed by atoms with E-state index in [9.17, 15) is 0 Å². The van der Waals surface area contributed by atoms with Crippen molar-refractivity contribution < 1.29 is 13.7 Å². The molecule has 1 atom stereocenters. The Labute approximate surface area is 105 Å². The molecule has 2 rings (SSSR count). The molecular weight excluding hydrogens is 234 g/mol. The van der Waals surface area contributed by atoms with E-state index in [0.29, 0.717) is 18.3 Å². The van der Waals surface area contributed by atoms with Crippen molar-refractivity contribution in [2.24, 2.45) is 5.73 Å². The van der Waals surface area contributed by atoms with Crippen LogP contribution in [-0.2, 0) is 16.7 Å². The van der Waals surface area contributed by atoms with Crippen molar-refractivity contribution >= 4 is 0 Å². The molecule has 0 bridgehead atoms. The Bertz CT molecular complexity index is 516. The zero-order valence-corrected chi connectivity index (χ0v) is 10.8. The summed E-state index contributed by atoms with van der Waals surface area (Å²) in [6, 6.07) is 1.81. The van der Waals surface area contributed by atoms with Crippen molar-refractivity contribution in [3.05, 3.63) is 23.9 Å². The van der Waals surface area contributed by atoms with Crippen LogP contribution in [0, 0.1) is 0 Å². The number of hydrogen-bond donors (Lipinski definition) is 1. The Kier molecular flexibility index (Phi) is 3.49. The second-order valence-corrected chi connectivity index (χ2v) is 4.38. The number of aromatic nitrogens is 2. The van der Waals surface area contributed by atoms with Crippen LogP contribution in [0.2, 0.25) is 0 Å². The summed E-state index contributed by atoms with van der Waals surface area (Å²) in [5.74, 6) is 1.65. The maximum atomic E-state index is 6.05. The van der Waals surface area contributed by atoms with Crippen LogP contribution in [0.3, 0.4) is 0 Å². The molecule has 0 aromatic carbocycles. The fourth-order valence-electron chi connectivity index (χ4n) is 1.73. The summed E-state index contributed by atoms with van der Waals surface area (Å²) in [5, 5.41) is 3.91. The van der Waals surface area contributed by atoms with E-state index in [0.717, 1.165) is 17.7 Å². The van der Waals surface area contributed by atoms with Crippen LogP contribution < -0.4 is 5.73 Å². The molecule has 98 valence electrons. The van der Waals surface area contributed by atoms with Gasteiger partial charge in [0.2, 0.25) is 0 Å². The number of nitrogens with zero attached hydrogens (tertiary/aromatic N) is 2. The Morgan fingerprint density at radius 3 is 2.94 bits per heavy atom. The zero-order chi connectivity index (χ0) is 13.2. The minimum absolute atomic E-state index is 0.317. The van der Waals surface area contributed by atoms with Gasteiger partial charge < -0.3 is 19.4 Å². The summed E-state index contributed by atoms with van der Waals surface area (Å²) in [5.41, 5.74) is 6.09. The Morgan fingerprint density at radius 1 is 1.50 bits per heavy atom. The SMILES string of the molecule is CCc1occc1-c1nc(C(C)(N)COC)no1. The van der Waals surface area contributed by atoms with Gasteiger partial charge in [-0.1, -0.05) is 12.1 Å². The van der Waals surface area contributed by atoms with Gasteiger partial charge in [-0.25, -0.2) is 0 Å². The smallest absolute Gasteiger partial charge is 0.261 e. The fourth-order valence-corrected chi connectivity index (χ4v) is 1.73. The first-order valence-electron chi connectivity index (χ1n) is 5.77. The van der Waals surface area contributed by atoms with Gasteiger partial charge in [0.25, 0.3) is 5.89 Å². The maximum absolute atomic E-state index is 6.05. The van der Waals surface area contributed by atoms with Crippen molar-refractivity contribution in [2.45, 2.75) is 25.8 Å². The first kappa shape index (κ1) is 12.8. The standard InChI is InChI=1S/C12H17N3O3/c1-4-9-8(5-6-17-9)10-14-11(15-18-10)12(2,13)7-16-3/h5-6H,4,7,13H2,1-3H3. The molecule has 0 amide bonds. The fraction of sp³-hybridized carbons (Fsp3) is 0.500. The molecule has 0 radical (unpaired) electrons. The van der Waals surface area contributed by atoms with E-state index >= 15 is 0 Å².